The summed E-state index contributed by atoms with van der Waals surface area (Å²) in [6.45, 7) is 1.39. The topological polar surface area (TPSA) is 140 Å². The molecule has 1 aliphatic rings. The van der Waals surface area contributed by atoms with Crippen molar-refractivity contribution < 1.29 is 37.0 Å². The van der Waals surface area contributed by atoms with Crippen molar-refractivity contribution in [3.05, 3.63) is 81.9 Å². The highest BCUT2D eigenvalue weighted by Crippen LogP contribution is 2.48. The van der Waals surface area contributed by atoms with E-state index in [0.717, 1.165) is 18.2 Å². The van der Waals surface area contributed by atoms with Gasteiger partial charge in [-0.25, -0.2) is 9.37 Å². The highest BCUT2D eigenvalue weighted by atomic mass is 35.5. The van der Waals surface area contributed by atoms with Crippen LogP contribution in [0.1, 0.15) is 34.2 Å². The number of carbonyl (C=O) groups is 2. The molecular formula is C28H22ClF4N5O4. The molecule has 0 spiro atoms. The summed E-state index contributed by atoms with van der Waals surface area (Å²) in [5, 5.41) is 21.4. The minimum atomic E-state index is -5.36. The Labute approximate surface area is 240 Å². The van der Waals surface area contributed by atoms with Gasteiger partial charge in [0, 0.05) is 22.1 Å². The smallest absolute Gasteiger partial charge is 0.424 e. The molecule has 3 heterocycles. The van der Waals surface area contributed by atoms with Crippen molar-refractivity contribution in [3.63, 3.8) is 0 Å². The van der Waals surface area contributed by atoms with Gasteiger partial charge in [0.2, 0.25) is 11.5 Å². The van der Waals surface area contributed by atoms with Crippen molar-refractivity contribution in [1.82, 2.24) is 20.5 Å². The fourth-order valence-corrected chi connectivity index (χ4v) is 4.75. The van der Waals surface area contributed by atoms with Gasteiger partial charge in [-0.1, -0.05) is 11.6 Å². The number of primary amides is 1. The number of benzene rings is 2. The lowest BCUT2D eigenvalue weighted by Gasteiger charge is -2.31. The first-order chi connectivity index (χ1) is 19.6. The standard InChI is InChI=1S/C28H22ClF4N5O4/c1-13-7-16-8-15(4-6-20(16)38-37-13)24(39)35-11-27(41,28(31,32)33)21-10-17-23(42-12-26(17,2)25(34)40)22(36-21)14-3-5-19(30)18(29)9-14/h3-10,41H,11-12H2,1-2H3,(H2,34,40)(H,35,39)/t26-,27?/m0/s1. The van der Waals surface area contributed by atoms with Gasteiger partial charge in [0.05, 0.1) is 28.5 Å². The molecule has 2 atom stereocenters. The number of nitrogens with two attached hydrogens (primary N) is 1. The van der Waals surface area contributed by atoms with Gasteiger partial charge in [-0.15, -0.1) is 0 Å². The molecule has 2 aromatic carbocycles. The van der Waals surface area contributed by atoms with Crippen molar-refractivity contribution in [2.24, 2.45) is 5.73 Å². The molecule has 4 aromatic rings. The maximum Gasteiger partial charge on any atom is 0.424 e. The maximum absolute atomic E-state index is 14.6. The van der Waals surface area contributed by atoms with Crippen molar-refractivity contribution in [2.45, 2.75) is 31.0 Å². The number of hydrogen-bond donors (Lipinski definition) is 3. The number of rotatable bonds is 6. The van der Waals surface area contributed by atoms with E-state index in [0.29, 0.717) is 16.6 Å². The fourth-order valence-electron chi connectivity index (χ4n) is 4.57. The first-order valence-corrected chi connectivity index (χ1v) is 12.8. The summed E-state index contributed by atoms with van der Waals surface area (Å²) in [4.78, 5) is 29.4. The predicted octanol–water partition coefficient (Wildman–Crippen LogP) is 4.11. The molecule has 0 aliphatic carbocycles. The summed E-state index contributed by atoms with van der Waals surface area (Å²) < 4.78 is 63.3. The van der Waals surface area contributed by atoms with Crippen molar-refractivity contribution in [2.75, 3.05) is 13.2 Å². The second-order valence-corrected chi connectivity index (χ2v) is 10.6. The Kier molecular flexibility index (Phi) is 7.06. The lowest BCUT2D eigenvalue weighted by Crippen LogP contribution is -2.51. The SMILES string of the molecule is Cc1cc2cc(C(=O)NCC(O)(c3cc4c(c(-c5ccc(F)c(Cl)c5)n3)OC[C@]4(C)C(N)=O)C(F)(F)F)ccc2nn1. The summed E-state index contributed by atoms with van der Waals surface area (Å²) in [5.41, 5.74) is 0.0839. The molecule has 0 fully saturated rings. The summed E-state index contributed by atoms with van der Waals surface area (Å²) in [7, 11) is 0. The van der Waals surface area contributed by atoms with Crippen LogP contribution >= 0.6 is 11.6 Å². The van der Waals surface area contributed by atoms with Gasteiger partial charge in [0.1, 0.15) is 29.3 Å². The third-order valence-electron chi connectivity index (χ3n) is 7.18. The third kappa shape index (κ3) is 4.88. The number of aliphatic hydroxyl groups is 1. The van der Waals surface area contributed by atoms with Crippen LogP contribution in [0.15, 0.2) is 48.5 Å². The van der Waals surface area contributed by atoms with Crippen LogP contribution in [0.5, 0.6) is 5.75 Å². The van der Waals surface area contributed by atoms with E-state index in [-0.39, 0.29) is 39.8 Å². The molecule has 0 bridgehead atoms. The number of aryl methyl sites for hydroxylation is 1. The number of fused-ring (bicyclic) bond motifs is 2. The minimum Gasteiger partial charge on any atom is -0.489 e. The van der Waals surface area contributed by atoms with Crippen LogP contribution in [-0.4, -0.2) is 51.4 Å². The molecule has 0 saturated heterocycles. The Morgan fingerprint density at radius 3 is 2.55 bits per heavy atom. The summed E-state index contributed by atoms with van der Waals surface area (Å²) >= 11 is 5.91. The van der Waals surface area contributed by atoms with Gasteiger partial charge in [-0.3, -0.25) is 9.59 Å². The zero-order valence-electron chi connectivity index (χ0n) is 22.0. The van der Waals surface area contributed by atoms with E-state index in [4.69, 9.17) is 22.1 Å². The predicted molar refractivity (Wildman–Crippen MR) is 143 cm³/mol. The lowest BCUT2D eigenvalue weighted by atomic mass is 9.81. The number of hydrogen-bond acceptors (Lipinski definition) is 7. The van der Waals surface area contributed by atoms with Crippen LogP contribution in [0.3, 0.4) is 0 Å². The second-order valence-electron chi connectivity index (χ2n) is 10.1. The summed E-state index contributed by atoms with van der Waals surface area (Å²) in [6.07, 6.45) is -5.36. The lowest BCUT2D eigenvalue weighted by molar-refractivity contribution is -0.265. The van der Waals surface area contributed by atoms with Gasteiger partial charge in [-0.05, 0) is 62.4 Å². The minimum absolute atomic E-state index is 0.0117. The fraction of sp³-hybridized carbons (Fsp3) is 0.250. The van der Waals surface area contributed by atoms with E-state index >= 15 is 0 Å². The number of halogens is 5. The first-order valence-electron chi connectivity index (χ1n) is 12.4. The van der Waals surface area contributed by atoms with E-state index in [1.165, 1.54) is 31.2 Å². The molecule has 42 heavy (non-hydrogen) atoms. The number of nitrogens with one attached hydrogen (secondary N) is 1. The Morgan fingerprint density at radius 1 is 1.14 bits per heavy atom. The molecule has 9 nitrogen and oxygen atoms in total. The summed E-state index contributed by atoms with van der Waals surface area (Å²) in [5.74, 6) is -2.68. The van der Waals surface area contributed by atoms with Gasteiger partial charge in [0.25, 0.3) is 5.91 Å². The van der Waals surface area contributed by atoms with Crippen LogP contribution in [0, 0.1) is 12.7 Å². The number of alkyl halides is 3. The number of nitrogens with zero attached hydrogens (tertiary/aromatic N) is 3. The van der Waals surface area contributed by atoms with Crippen molar-refractivity contribution >= 4 is 34.3 Å². The van der Waals surface area contributed by atoms with Crippen LogP contribution in [0.2, 0.25) is 5.02 Å². The molecule has 1 aliphatic heterocycles. The number of amides is 2. The van der Waals surface area contributed by atoms with E-state index in [2.05, 4.69) is 20.5 Å². The van der Waals surface area contributed by atoms with Gasteiger partial charge in [-0.2, -0.15) is 23.4 Å². The quantitative estimate of drug-likeness (QED) is 0.282. The molecule has 1 unspecified atom stereocenters. The van der Waals surface area contributed by atoms with Gasteiger partial charge < -0.3 is 20.9 Å². The second kappa shape index (κ2) is 10.2. The zero-order chi connectivity index (χ0) is 30.6. The Bertz CT molecular complexity index is 1770. The molecule has 14 heteroatoms. The zero-order valence-corrected chi connectivity index (χ0v) is 22.8. The molecular weight excluding hydrogens is 582 g/mol. The molecule has 2 aromatic heterocycles. The largest absolute Gasteiger partial charge is 0.489 e. The highest BCUT2D eigenvalue weighted by Gasteiger charge is 2.57. The highest BCUT2D eigenvalue weighted by molar-refractivity contribution is 6.31. The van der Waals surface area contributed by atoms with Crippen molar-refractivity contribution in [3.8, 4) is 17.0 Å². The molecule has 0 saturated carbocycles. The Hall–Kier alpha value is -4.36. The Balaban J connectivity index is 1.59. The molecule has 5 rings (SSSR count). The van der Waals surface area contributed by atoms with Gasteiger partial charge >= 0.3 is 6.18 Å². The van der Waals surface area contributed by atoms with E-state index in [1.807, 2.05) is 0 Å². The molecule has 218 valence electrons. The third-order valence-corrected chi connectivity index (χ3v) is 7.47. The maximum atomic E-state index is 14.6. The summed E-state index contributed by atoms with van der Waals surface area (Å²) in [6, 6.07) is 10.1. The number of ether oxygens (including phenoxy) is 1. The van der Waals surface area contributed by atoms with Crippen LogP contribution in [-0.2, 0) is 15.8 Å². The normalized spacial score (nSPS) is 17.8. The van der Waals surface area contributed by atoms with Crippen LogP contribution in [0.4, 0.5) is 17.6 Å². The first kappa shape index (κ1) is 29.1. The van der Waals surface area contributed by atoms with E-state index in [9.17, 15) is 32.3 Å². The van der Waals surface area contributed by atoms with Crippen LogP contribution < -0.4 is 15.8 Å². The van der Waals surface area contributed by atoms with Crippen molar-refractivity contribution in [1.29, 1.82) is 0 Å². The average Bonchev–Trinajstić information content (AvgIpc) is 3.29. The van der Waals surface area contributed by atoms with Crippen LogP contribution in [0.25, 0.3) is 22.2 Å². The molecule has 2 amide bonds. The number of carbonyl (C=O) groups excluding carboxylic acids is 2. The average molecular weight is 604 g/mol. The van der Waals surface area contributed by atoms with Gasteiger partial charge in [0.15, 0.2) is 0 Å². The Morgan fingerprint density at radius 2 is 1.88 bits per heavy atom. The van der Waals surface area contributed by atoms with E-state index < -0.39 is 47.1 Å². The molecule has 0 radical (unpaired) electrons. The number of aromatic nitrogens is 3. The van der Waals surface area contributed by atoms with E-state index in [1.54, 1.807) is 13.0 Å². The number of pyridine rings is 1. The monoisotopic (exact) mass is 603 g/mol. The molecule has 4 N–H and O–H groups in total.